The van der Waals surface area contributed by atoms with Gasteiger partial charge in [0, 0.05) is 9.79 Å². The van der Waals surface area contributed by atoms with Crippen LogP contribution in [0.15, 0.2) is 83.6 Å². The first kappa shape index (κ1) is 13.7. The van der Waals surface area contributed by atoms with E-state index in [1.807, 2.05) is 30.0 Å². The number of allylic oxidation sites excluding steroid dienone is 2. The van der Waals surface area contributed by atoms with Crippen molar-refractivity contribution < 1.29 is 0 Å². The zero-order valence-corrected chi connectivity index (χ0v) is 11.8. The predicted octanol–water partition coefficient (Wildman–Crippen LogP) is 5.29. The molecule has 0 aliphatic carbocycles. The van der Waals surface area contributed by atoms with E-state index in [9.17, 15) is 0 Å². The van der Waals surface area contributed by atoms with Gasteiger partial charge in [0.2, 0.25) is 0 Å². The molecule has 0 bridgehead atoms. The number of hydrogen-bond acceptors (Lipinski definition) is 1. The van der Waals surface area contributed by atoms with Gasteiger partial charge in [-0.1, -0.05) is 54.2 Å². The van der Waals surface area contributed by atoms with Crippen LogP contribution in [0.1, 0.15) is 11.1 Å². The summed E-state index contributed by atoms with van der Waals surface area (Å²) in [5.41, 5.74) is 2.71. The van der Waals surface area contributed by atoms with Crippen LogP contribution in [0.4, 0.5) is 0 Å². The van der Waals surface area contributed by atoms with Gasteiger partial charge in [-0.25, -0.2) is 0 Å². The lowest BCUT2D eigenvalue weighted by molar-refractivity contribution is 1.09. The molecule has 2 rings (SSSR count). The Morgan fingerprint density at radius 2 is 1.58 bits per heavy atom. The minimum Gasteiger partial charge on any atom is -0.103 e. The molecule has 2 aromatic carbocycles. The third-order valence-electron chi connectivity index (χ3n) is 2.91. The SMILES string of the molecule is C=CCc1cccc(Sc2ccccc2)c1CC=C. The fourth-order valence-electron chi connectivity index (χ4n) is 2.04. The van der Waals surface area contributed by atoms with Crippen molar-refractivity contribution in [2.24, 2.45) is 0 Å². The number of benzene rings is 2. The van der Waals surface area contributed by atoms with Gasteiger partial charge in [-0.15, -0.1) is 13.2 Å². The van der Waals surface area contributed by atoms with E-state index in [0.29, 0.717) is 0 Å². The van der Waals surface area contributed by atoms with Gasteiger partial charge in [0.25, 0.3) is 0 Å². The van der Waals surface area contributed by atoms with Gasteiger partial charge < -0.3 is 0 Å². The molecule has 0 saturated heterocycles. The van der Waals surface area contributed by atoms with Crippen molar-refractivity contribution in [1.82, 2.24) is 0 Å². The van der Waals surface area contributed by atoms with E-state index in [2.05, 4.69) is 55.6 Å². The van der Waals surface area contributed by atoms with Gasteiger partial charge in [0.1, 0.15) is 0 Å². The van der Waals surface area contributed by atoms with E-state index in [1.54, 1.807) is 0 Å². The Balaban J connectivity index is 2.35. The van der Waals surface area contributed by atoms with Crippen LogP contribution in [0, 0.1) is 0 Å². The van der Waals surface area contributed by atoms with Crippen molar-refractivity contribution in [3.8, 4) is 0 Å². The molecule has 0 heterocycles. The lowest BCUT2D eigenvalue weighted by Gasteiger charge is -2.12. The Bertz CT molecular complexity index is 555. The molecule has 0 fully saturated rings. The minimum absolute atomic E-state index is 0.902. The topological polar surface area (TPSA) is 0 Å². The standard InChI is InChI=1S/C18H18S/c1-3-9-15-11-8-14-18(17(15)10-4-2)19-16-12-6-5-7-13-16/h3-8,11-14H,1-2,9-10H2. The molecule has 0 radical (unpaired) electrons. The molecule has 0 unspecified atom stereocenters. The normalized spacial score (nSPS) is 10.1. The smallest absolute Gasteiger partial charge is 0.0160 e. The van der Waals surface area contributed by atoms with Crippen molar-refractivity contribution >= 4 is 11.8 Å². The van der Waals surface area contributed by atoms with E-state index in [1.165, 1.54) is 20.9 Å². The summed E-state index contributed by atoms with van der Waals surface area (Å²) < 4.78 is 0. The highest BCUT2D eigenvalue weighted by molar-refractivity contribution is 7.99. The monoisotopic (exact) mass is 266 g/mol. The second-order valence-electron chi connectivity index (χ2n) is 4.29. The lowest BCUT2D eigenvalue weighted by atomic mass is 10.0. The molecule has 96 valence electrons. The van der Waals surface area contributed by atoms with Gasteiger partial charge in [-0.05, 0) is 42.2 Å². The second kappa shape index (κ2) is 7.01. The Morgan fingerprint density at radius 1 is 0.842 bits per heavy atom. The summed E-state index contributed by atoms with van der Waals surface area (Å²) >= 11 is 1.81. The molecule has 0 aliphatic heterocycles. The Morgan fingerprint density at radius 3 is 2.26 bits per heavy atom. The fourth-order valence-corrected chi connectivity index (χ4v) is 3.08. The predicted molar refractivity (Wildman–Crippen MR) is 84.8 cm³/mol. The van der Waals surface area contributed by atoms with Crippen LogP contribution in [0.2, 0.25) is 0 Å². The number of rotatable bonds is 6. The summed E-state index contributed by atoms with van der Waals surface area (Å²) in [6.07, 6.45) is 5.74. The van der Waals surface area contributed by atoms with Crippen LogP contribution in [-0.4, -0.2) is 0 Å². The summed E-state index contributed by atoms with van der Waals surface area (Å²) in [6, 6.07) is 17.0. The van der Waals surface area contributed by atoms with Crippen molar-refractivity contribution in [3.05, 3.63) is 85.0 Å². The molecule has 0 aromatic heterocycles. The van der Waals surface area contributed by atoms with E-state index >= 15 is 0 Å². The average Bonchev–Trinajstić information content (AvgIpc) is 2.44. The first-order valence-electron chi connectivity index (χ1n) is 6.40. The van der Waals surface area contributed by atoms with E-state index in [4.69, 9.17) is 0 Å². The van der Waals surface area contributed by atoms with Crippen LogP contribution in [0.25, 0.3) is 0 Å². The molecule has 0 nitrogen and oxygen atoms in total. The lowest BCUT2D eigenvalue weighted by Crippen LogP contribution is -1.94. The molecule has 19 heavy (non-hydrogen) atoms. The Kier molecular flexibility index (Phi) is 5.05. The van der Waals surface area contributed by atoms with Crippen LogP contribution < -0.4 is 0 Å². The Hall–Kier alpha value is -1.73. The second-order valence-corrected chi connectivity index (χ2v) is 5.41. The highest BCUT2D eigenvalue weighted by atomic mass is 32.2. The minimum atomic E-state index is 0.902. The summed E-state index contributed by atoms with van der Waals surface area (Å²) in [4.78, 5) is 2.58. The van der Waals surface area contributed by atoms with Gasteiger partial charge in [0.05, 0.1) is 0 Å². The van der Waals surface area contributed by atoms with E-state index in [-0.39, 0.29) is 0 Å². The molecular formula is C18H18S. The maximum atomic E-state index is 3.87. The molecule has 0 saturated carbocycles. The zero-order chi connectivity index (χ0) is 13.5. The number of hydrogen-bond donors (Lipinski definition) is 0. The first-order valence-corrected chi connectivity index (χ1v) is 7.22. The van der Waals surface area contributed by atoms with Crippen molar-refractivity contribution in [2.75, 3.05) is 0 Å². The molecular weight excluding hydrogens is 248 g/mol. The van der Waals surface area contributed by atoms with Crippen molar-refractivity contribution in [2.45, 2.75) is 22.6 Å². The summed E-state index contributed by atoms with van der Waals surface area (Å²) in [6.45, 7) is 7.71. The van der Waals surface area contributed by atoms with Crippen LogP contribution in [-0.2, 0) is 12.8 Å². The van der Waals surface area contributed by atoms with Crippen LogP contribution in [0.5, 0.6) is 0 Å². The summed E-state index contributed by atoms with van der Waals surface area (Å²) in [5.74, 6) is 0. The Labute approximate surface area is 119 Å². The maximum Gasteiger partial charge on any atom is 0.0160 e. The molecule has 0 N–H and O–H groups in total. The summed E-state index contributed by atoms with van der Waals surface area (Å²) in [5, 5.41) is 0. The van der Waals surface area contributed by atoms with E-state index < -0.39 is 0 Å². The van der Waals surface area contributed by atoms with Gasteiger partial charge in [-0.3, -0.25) is 0 Å². The van der Waals surface area contributed by atoms with E-state index in [0.717, 1.165) is 12.8 Å². The van der Waals surface area contributed by atoms with Crippen molar-refractivity contribution in [1.29, 1.82) is 0 Å². The van der Waals surface area contributed by atoms with Gasteiger partial charge >= 0.3 is 0 Å². The largest absolute Gasteiger partial charge is 0.103 e. The molecule has 0 aliphatic rings. The molecule has 0 spiro atoms. The van der Waals surface area contributed by atoms with Crippen LogP contribution in [0.3, 0.4) is 0 Å². The average molecular weight is 266 g/mol. The third kappa shape index (κ3) is 3.62. The van der Waals surface area contributed by atoms with Crippen LogP contribution >= 0.6 is 11.8 Å². The quantitative estimate of drug-likeness (QED) is 0.640. The molecule has 0 atom stereocenters. The maximum absolute atomic E-state index is 3.87. The summed E-state index contributed by atoms with van der Waals surface area (Å²) in [7, 11) is 0. The molecule has 0 amide bonds. The zero-order valence-electron chi connectivity index (χ0n) is 11.0. The van der Waals surface area contributed by atoms with Gasteiger partial charge in [0.15, 0.2) is 0 Å². The first-order chi connectivity index (χ1) is 9.35. The third-order valence-corrected chi connectivity index (χ3v) is 4.02. The highest BCUT2D eigenvalue weighted by Crippen LogP contribution is 2.32. The molecule has 2 aromatic rings. The molecule has 1 heteroatoms. The fraction of sp³-hybridized carbons (Fsp3) is 0.111. The van der Waals surface area contributed by atoms with Crippen molar-refractivity contribution in [3.63, 3.8) is 0 Å². The van der Waals surface area contributed by atoms with Gasteiger partial charge in [-0.2, -0.15) is 0 Å². The highest BCUT2D eigenvalue weighted by Gasteiger charge is 2.07.